The fraction of sp³-hybridized carbons (Fsp3) is 0.118. The van der Waals surface area contributed by atoms with Crippen LogP contribution in [-0.4, -0.2) is 0 Å². The van der Waals surface area contributed by atoms with E-state index in [2.05, 4.69) is 12.6 Å². The molecule has 0 aliphatic rings. The largest absolute Gasteiger partial charge is 0.347 e. The first-order chi connectivity index (χ1) is 9.35. The molecule has 0 aliphatic heterocycles. The summed E-state index contributed by atoms with van der Waals surface area (Å²) in [4.78, 5) is 0. The van der Waals surface area contributed by atoms with Crippen molar-refractivity contribution >= 4 is 0 Å². The molecule has 0 spiro atoms. The Kier molecular flexibility index (Phi) is 4.49. The van der Waals surface area contributed by atoms with Gasteiger partial charge in [-0.05, 0) is 11.1 Å². The predicted octanol–water partition coefficient (Wildman–Crippen LogP) is 4.20. The molecule has 0 saturated carbocycles. The van der Waals surface area contributed by atoms with Gasteiger partial charge in [0.1, 0.15) is 6.10 Å². The molecule has 0 N–H and O–H groups in total. The van der Waals surface area contributed by atoms with E-state index in [1.165, 1.54) is 0 Å². The average molecular weight is 249 g/mol. The molecule has 0 amide bonds. The Morgan fingerprint density at radius 1 is 0.947 bits per heavy atom. The Hall–Kier alpha value is -2.37. The molecule has 2 rings (SSSR count). The van der Waals surface area contributed by atoms with E-state index in [1.807, 2.05) is 60.7 Å². The first kappa shape index (κ1) is 13.1. The molecule has 0 saturated heterocycles. The number of ether oxygens (including phenoxy) is 1. The highest BCUT2D eigenvalue weighted by atomic mass is 16.5. The molecule has 2 aromatic rings. The fourth-order valence-electron chi connectivity index (χ4n) is 1.87. The number of hydrogen-bond donors (Lipinski definition) is 0. The van der Waals surface area contributed by atoms with Crippen molar-refractivity contribution < 1.29 is 4.74 Å². The number of nitriles is 1. The van der Waals surface area contributed by atoms with Gasteiger partial charge < -0.3 is 4.74 Å². The quantitative estimate of drug-likeness (QED) is 0.744. The lowest BCUT2D eigenvalue weighted by atomic mass is 10.1. The van der Waals surface area contributed by atoms with Crippen LogP contribution in [0.2, 0.25) is 0 Å². The maximum atomic E-state index is 9.26. The van der Waals surface area contributed by atoms with Crippen molar-refractivity contribution in [2.45, 2.75) is 12.2 Å². The Bertz CT molecular complexity index is 557. The van der Waals surface area contributed by atoms with Gasteiger partial charge in [0, 0.05) is 0 Å². The van der Waals surface area contributed by atoms with Gasteiger partial charge in [0.15, 0.2) is 6.10 Å². The molecule has 0 heterocycles. The van der Waals surface area contributed by atoms with Gasteiger partial charge >= 0.3 is 0 Å². The Labute approximate surface area is 113 Å². The zero-order valence-corrected chi connectivity index (χ0v) is 10.6. The maximum absolute atomic E-state index is 9.26. The molecule has 2 unspecified atom stereocenters. The molecule has 2 atom stereocenters. The summed E-state index contributed by atoms with van der Waals surface area (Å²) >= 11 is 0. The van der Waals surface area contributed by atoms with Gasteiger partial charge in [-0.2, -0.15) is 5.26 Å². The smallest absolute Gasteiger partial charge is 0.170 e. The molecule has 0 aliphatic carbocycles. The number of rotatable bonds is 5. The van der Waals surface area contributed by atoms with Crippen molar-refractivity contribution in [2.24, 2.45) is 0 Å². The SMILES string of the molecule is C=CC(OC(C#N)c1ccccc1)c1ccccc1. The summed E-state index contributed by atoms with van der Waals surface area (Å²) in [6.45, 7) is 3.78. The second kappa shape index (κ2) is 6.53. The molecule has 19 heavy (non-hydrogen) atoms. The van der Waals surface area contributed by atoms with Crippen LogP contribution < -0.4 is 0 Å². The van der Waals surface area contributed by atoms with Gasteiger partial charge in [0.05, 0.1) is 6.07 Å². The van der Waals surface area contributed by atoms with Gasteiger partial charge in [0.25, 0.3) is 0 Å². The Morgan fingerprint density at radius 3 is 1.95 bits per heavy atom. The van der Waals surface area contributed by atoms with Crippen LogP contribution >= 0.6 is 0 Å². The molecule has 94 valence electrons. The van der Waals surface area contributed by atoms with Crippen LogP contribution in [0.25, 0.3) is 0 Å². The average Bonchev–Trinajstić information content (AvgIpc) is 2.50. The molecule has 2 nitrogen and oxygen atoms in total. The predicted molar refractivity (Wildman–Crippen MR) is 75.3 cm³/mol. The number of nitrogens with zero attached hydrogens (tertiary/aromatic N) is 1. The molecular formula is C17H15NO. The van der Waals surface area contributed by atoms with E-state index in [1.54, 1.807) is 6.08 Å². The van der Waals surface area contributed by atoms with Crippen LogP contribution in [0.1, 0.15) is 23.3 Å². The third kappa shape index (κ3) is 3.31. The molecule has 0 fully saturated rings. The molecule has 0 bridgehead atoms. The van der Waals surface area contributed by atoms with Crippen molar-refractivity contribution in [2.75, 3.05) is 0 Å². The lowest BCUT2D eigenvalue weighted by Crippen LogP contribution is -2.07. The minimum absolute atomic E-state index is 0.286. The molecular weight excluding hydrogens is 234 g/mol. The third-order valence-corrected chi connectivity index (χ3v) is 2.84. The van der Waals surface area contributed by atoms with Crippen molar-refractivity contribution in [3.05, 3.63) is 84.4 Å². The minimum atomic E-state index is -0.593. The molecule has 2 heteroatoms. The number of hydrogen-bond acceptors (Lipinski definition) is 2. The summed E-state index contributed by atoms with van der Waals surface area (Å²) in [6.07, 6.45) is 0.832. The van der Waals surface area contributed by atoms with Crippen molar-refractivity contribution in [3.8, 4) is 6.07 Å². The topological polar surface area (TPSA) is 33.0 Å². The fourth-order valence-corrected chi connectivity index (χ4v) is 1.87. The summed E-state index contributed by atoms with van der Waals surface area (Å²) in [5.74, 6) is 0. The minimum Gasteiger partial charge on any atom is -0.347 e. The molecule has 2 aromatic carbocycles. The third-order valence-electron chi connectivity index (χ3n) is 2.84. The Morgan fingerprint density at radius 2 is 1.47 bits per heavy atom. The van der Waals surface area contributed by atoms with Gasteiger partial charge in [-0.1, -0.05) is 66.7 Å². The van der Waals surface area contributed by atoms with Crippen LogP contribution in [0, 0.1) is 11.3 Å². The first-order valence-corrected chi connectivity index (χ1v) is 6.12. The monoisotopic (exact) mass is 249 g/mol. The van der Waals surface area contributed by atoms with E-state index >= 15 is 0 Å². The van der Waals surface area contributed by atoms with Crippen LogP contribution in [0.3, 0.4) is 0 Å². The van der Waals surface area contributed by atoms with Crippen LogP contribution in [-0.2, 0) is 4.74 Å². The molecule has 0 aromatic heterocycles. The zero-order valence-electron chi connectivity index (χ0n) is 10.6. The number of benzene rings is 2. The van der Waals surface area contributed by atoms with Gasteiger partial charge in [-0.3, -0.25) is 0 Å². The second-order valence-electron chi connectivity index (χ2n) is 4.12. The van der Waals surface area contributed by atoms with Crippen molar-refractivity contribution in [1.29, 1.82) is 5.26 Å². The Balaban J connectivity index is 2.18. The lowest BCUT2D eigenvalue weighted by molar-refractivity contribution is 0.0446. The summed E-state index contributed by atoms with van der Waals surface area (Å²) < 4.78 is 5.84. The standard InChI is InChI=1S/C17H15NO/c1-2-16(14-9-5-3-6-10-14)19-17(13-18)15-11-7-4-8-12-15/h2-12,16-17H,1H2. The van der Waals surface area contributed by atoms with Gasteiger partial charge in [-0.15, -0.1) is 6.58 Å². The van der Waals surface area contributed by atoms with Crippen LogP contribution in [0.5, 0.6) is 0 Å². The van der Waals surface area contributed by atoms with E-state index in [9.17, 15) is 5.26 Å². The first-order valence-electron chi connectivity index (χ1n) is 6.12. The zero-order chi connectivity index (χ0) is 13.5. The summed E-state index contributed by atoms with van der Waals surface area (Å²) in [7, 11) is 0. The van der Waals surface area contributed by atoms with E-state index in [0.29, 0.717) is 0 Å². The lowest BCUT2D eigenvalue weighted by Gasteiger charge is -2.18. The van der Waals surface area contributed by atoms with E-state index in [0.717, 1.165) is 11.1 Å². The van der Waals surface area contributed by atoms with Gasteiger partial charge in [-0.25, -0.2) is 0 Å². The highest BCUT2D eigenvalue weighted by Crippen LogP contribution is 2.26. The van der Waals surface area contributed by atoms with Crippen molar-refractivity contribution in [3.63, 3.8) is 0 Å². The summed E-state index contributed by atoms with van der Waals surface area (Å²) in [5, 5.41) is 9.26. The highest BCUT2D eigenvalue weighted by Gasteiger charge is 2.16. The second-order valence-corrected chi connectivity index (χ2v) is 4.12. The summed E-state index contributed by atoms with van der Waals surface area (Å²) in [6, 6.07) is 21.4. The van der Waals surface area contributed by atoms with E-state index in [-0.39, 0.29) is 6.10 Å². The highest BCUT2D eigenvalue weighted by molar-refractivity contribution is 5.24. The summed E-state index contributed by atoms with van der Waals surface area (Å²) in [5.41, 5.74) is 1.85. The van der Waals surface area contributed by atoms with E-state index in [4.69, 9.17) is 4.74 Å². The van der Waals surface area contributed by atoms with Crippen LogP contribution in [0.4, 0.5) is 0 Å². The van der Waals surface area contributed by atoms with Gasteiger partial charge in [0.2, 0.25) is 0 Å². The molecule has 0 radical (unpaired) electrons. The van der Waals surface area contributed by atoms with E-state index < -0.39 is 6.10 Å². The van der Waals surface area contributed by atoms with Crippen LogP contribution in [0.15, 0.2) is 73.3 Å². The maximum Gasteiger partial charge on any atom is 0.170 e. The normalized spacial score (nSPS) is 13.2. The van der Waals surface area contributed by atoms with Crippen molar-refractivity contribution in [1.82, 2.24) is 0 Å².